The zero-order valence-electron chi connectivity index (χ0n) is 15.4. The van der Waals surface area contributed by atoms with Crippen LogP contribution in [0.1, 0.15) is 70.4 Å². The van der Waals surface area contributed by atoms with Crippen molar-refractivity contribution in [1.82, 2.24) is 20.2 Å². The van der Waals surface area contributed by atoms with Gasteiger partial charge in [0.1, 0.15) is 6.10 Å². The molecule has 2 aromatic rings. The van der Waals surface area contributed by atoms with Crippen LogP contribution in [0.4, 0.5) is 0 Å². The molecule has 0 N–H and O–H groups in total. The zero-order valence-corrected chi connectivity index (χ0v) is 15.4. The maximum Gasteiger partial charge on any atom is 0.184 e. The Bertz CT molecular complexity index is 681. The number of hydrogen-bond acceptors (Lipinski definition) is 4. The van der Waals surface area contributed by atoms with Crippen LogP contribution in [0.3, 0.4) is 0 Å². The lowest BCUT2D eigenvalue weighted by molar-refractivity contribution is -0.0152. The Labute approximate surface area is 150 Å². The molecule has 0 aliphatic heterocycles. The predicted octanol–water partition coefficient (Wildman–Crippen LogP) is 4.53. The Morgan fingerprint density at radius 3 is 2.52 bits per heavy atom. The van der Waals surface area contributed by atoms with Crippen LogP contribution in [0.15, 0.2) is 36.4 Å². The van der Waals surface area contributed by atoms with Gasteiger partial charge in [0.15, 0.2) is 5.82 Å². The minimum Gasteiger partial charge on any atom is -0.363 e. The first-order chi connectivity index (χ1) is 12.0. The molecule has 1 aliphatic rings. The highest BCUT2D eigenvalue weighted by Crippen LogP contribution is 2.29. The van der Waals surface area contributed by atoms with Crippen LogP contribution in [0, 0.1) is 0 Å². The lowest BCUT2D eigenvalue weighted by Gasteiger charge is -2.27. The van der Waals surface area contributed by atoms with Gasteiger partial charge >= 0.3 is 0 Å². The molecule has 0 saturated heterocycles. The highest BCUT2D eigenvalue weighted by atomic mass is 16.5. The van der Waals surface area contributed by atoms with Gasteiger partial charge in [0, 0.05) is 0 Å². The van der Waals surface area contributed by atoms with Gasteiger partial charge in [0.05, 0.1) is 11.6 Å². The van der Waals surface area contributed by atoms with Gasteiger partial charge in [-0.05, 0) is 55.7 Å². The summed E-state index contributed by atoms with van der Waals surface area (Å²) in [5.41, 5.74) is 0.961. The Morgan fingerprint density at radius 2 is 1.84 bits per heavy atom. The van der Waals surface area contributed by atoms with Crippen LogP contribution >= 0.6 is 0 Å². The number of aromatic nitrogens is 4. The molecule has 1 saturated carbocycles. The molecule has 0 radical (unpaired) electrons. The van der Waals surface area contributed by atoms with E-state index in [0.717, 1.165) is 24.2 Å². The molecule has 0 bridgehead atoms. The Balaban J connectivity index is 1.86. The molecular formula is C20H28N4O. The predicted molar refractivity (Wildman–Crippen MR) is 99.0 cm³/mol. The Kier molecular flexibility index (Phi) is 5.63. The largest absolute Gasteiger partial charge is 0.363 e. The minimum absolute atomic E-state index is 0.187. The standard InChI is InChI=1S/C20H28N4O/c1-20(2,3)24-19(21-22-23-24)18(25-17-12-8-5-9-13-17)15-14-16-10-6-4-7-11-16/h4,6-7,10-11,14-15,17-18H,5,8-9,12-13H2,1-3H3/b15-14+. The number of hydrogen-bond donors (Lipinski definition) is 0. The van der Waals surface area contributed by atoms with Crippen molar-refractivity contribution in [3.63, 3.8) is 0 Å². The first-order valence-electron chi connectivity index (χ1n) is 9.21. The highest BCUT2D eigenvalue weighted by molar-refractivity contribution is 5.49. The van der Waals surface area contributed by atoms with Crippen molar-refractivity contribution in [3.05, 3.63) is 47.8 Å². The molecule has 1 unspecified atom stereocenters. The summed E-state index contributed by atoms with van der Waals surface area (Å²) in [7, 11) is 0. The van der Waals surface area contributed by atoms with E-state index in [1.54, 1.807) is 0 Å². The number of tetrazole rings is 1. The second kappa shape index (κ2) is 7.91. The highest BCUT2D eigenvalue weighted by Gasteiger charge is 2.27. The third kappa shape index (κ3) is 4.75. The van der Waals surface area contributed by atoms with Crippen molar-refractivity contribution in [2.24, 2.45) is 0 Å². The van der Waals surface area contributed by atoms with E-state index in [2.05, 4.69) is 60.6 Å². The van der Waals surface area contributed by atoms with Crippen molar-refractivity contribution in [2.75, 3.05) is 0 Å². The fraction of sp³-hybridized carbons (Fsp3) is 0.550. The second-order valence-electron chi connectivity index (χ2n) is 7.71. The van der Waals surface area contributed by atoms with Gasteiger partial charge in [-0.1, -0.05) is 55.7 Å². The van der Waals surface area contributed by atoms with Crippen LogP contribution < -0.4 is 0 Å². The average Bonchev–Trinajstić information content (AvgIpc) is 3.10. The number of ether oxygens (including phenoxy) is 1. The second-order valence-corrected chi connectivity index (χ2v) is 7.71. The maximum atomic E-state index is 6.44. The minimum atomic E-state index is -0.238. The number of benzene rings is 1. The van der Waals surface area contributed by atoms with Crippen LogP contribution in [-0.4, -0.2) is 26.3 Å². The fourth-order valence-electron chi connectivity index (χ4n) is 3.21. The van der Waals surface area contributed by atoms with E-state index in [-0.39, 0.29) is 17.7 Å². The topological polar surface area (TPSA) is 52.8 Å². The molecule has 5 nitrogen and oxygen atoms in total. The van der Waals surface area contributed by atoms with Gasteiger partial charge in [-0.2, -0.15) is 0 Å². The molecule has 5 heteroatoms. The monoisotopic (exact) mass is 340 g/mol. The van der Waals surface area contributed by atoms with Gasteiger partial charge in [0.2, 0.25) is 0 Å². The average molecular weight is 340 g/mol. The quantitative estimate of drug-likeness (QED) is 0.802. The maximum absolute atomic E-state index is 6.44. The fourth-order valence-corrected chi connectivity index (χ4v) is 3.21. The van der Waals surface area contributed by atoms with Crippen LogP contribution in [0.2, 0.25) is 0 Å². The first-order valence-corrected chi connectivity index (χ1v) is 9.21. The van der Waals surface area contributed by atoms with Gasteiger partial charge in [0.25, 0.3) is 0 Å². The number of rotatable bonds is 5. The summed E-state index contributed by atoms with van der Waals surface area (Å²) in [6.45, 7) is 6.31. The molecule has 134 valence electrons. The van der Waals surface area contributed by atoms with E-state index in [4.69, 9.17) is 4.74 Å². The molecule has 1 aromatic carbocycles. The van der Waals surface area contributed by atoms with Gasteiger partial charge in [-0.3, -0.25) is 0 Å². The summed E-state index contributed by atoms with van der Waals surface area (Å²) in [5.74, 6) is 0.769. The Hall–Kier alpha value is -2.01. The van der Waals surface area contributed by atoms with Gasteiger partial charge < -0.3 is 4.74 Å². The van der Waals surface area contributed by atoms with Crippen LogP contribution in [-0.2, 0) is 10.3 Å². The molecule has 25 heavy (non-hydrogen) atoms. The summed E-state index contributed by atoms with van der Waals surface area (Å²) in [6.07, 6.45) is 10.2. The van der Waals surface area contributed by atoms with E-state index in [0.29, 0.717) is 0 Å². The molecule has 1 aromatic heterocycles. The molecule has 1 fully saturated rings. The van der Waals surface area contributed by atoms with E-state index in [1.807, 2.05) is 22.9 Å². The summed E-state index contributed by atoms with van der Waals surface area (Å²) in [4.78, 5) is 0. The Morgan fingerprint density at radius 1 is 1.12 bits per heavy atom. The van der Waals surface area contributed by atoms with E-state index >= 15 is 0 Å². The number of nitrogens with zero attached hydrogens (tertiary/aromatic N) is 4. The van der Waals surface area contributed by atoms with E-state index in [9.17, 15) is 0 Å². The van der Waals surface area contributed by atoms with Gasteiger partial charge in [-0.15, -0.1) is 5.10 Å². The molecule has 0 spiro atoms. The SMILES string of the molecule is CC(C)(C)n1nnnc1C(/C=C/c1ccccc1)OC1CCCCC1. The molecule has 1 heterocycles. The van der Waals surface area contributed by atoms with Crippen molar-refractivity contribution < 1.29 is 4.74 Å². The molecule has 1 atom stereocenters. The van der Waals surface area contributed by atoms with Gasteiger partial charge in [-0.25, -0.2) is 4.68 Å². The van der Waals surface area contributed by atoms with Crippen molar-refractivity contribution >= 4 is 6.08 Å². The summed E-state index contributed by atoms with van der Waals surface area (Å²) >= 11 is 0. The zero-order chi connectivity index (χ0) is 17.7. The van der Waals surface area contributed by atoms with Crippen molar-refractivity contribution in [2.45, 2.75) is 70.6 Å². The molecule has 1 aliphatic carbocycles. The third-order valence-electron chi connectivity index (χ3n) is 4.54. The van der Waals surface area contributed by atoms with E-state index < -0.39 is 0 Å². The first kappa shape index (κ1) is 17.8. The summed E-state index contributed by atoms with van der Waals surface area (Å²) in [6, 6.07) is 10.3. The molecular weight excluding hydrogens is 312 g/mol. The lowest BCUT2D eigenvalue weighted by atomic mass is 9.97. The smallest absolute Gasteiger partial charge is 0.184 e. The van der Waals surface area contributed by atoms with Crippen LogP contribution in [0.5, 0.6) is 0 Å². The van der Waals surface area contributed by atoms with Crippen LogP contribution in [0.25, 0.3) is 6.08 Å². The van der Waals surface area contributed by atoms with Crippen molar-refractivity contribution in [3.8, 4) is 0 Å². The molecule has 3 rings (SSSR count). The normalized spacial score (nSPS) is 17.9. The summed E-state index contributed by atoms with van der Waals surface area (Å²) < 4.78 is 8.31. The summed E-state index contributed by atoms with van der Waals surface area (Å²) in [5, 5.41) is 12.4. The molecule has 0 amide bonds. The van der Waals surface area contributed by atoms with E-state index in [1.165, 1.54) is 19.3 Å². The van der Waals surface area contributed by atoms with Crippen molar-refractivity contribution in [1.29, 1.82) is 0 Å². The third-order valence-corrected chi connectivity index (χ3v) is 4.54. The lowest BCUT2D eigenvalue weighted by Crippen LogP contribution is -2.28.